The minimum Gasteiger partial charge on any atom is -0.433 e. The van der Waals surface area contributed by atoms with E-state index in [1.807, 2.05) is 0 Å². The predicted octanol–water partition coefficient (Wildman–Crippen LogP) is 3.67. The van der Waals surface area contributed by atoms with Gasteiger partial charge in [0.1, 0.15) is 11.6 Å². The van der Waals surface area contributed by atoms with Crippen LogP contribution in [0.1, 0.15) is 25.7 Å². The SMILES string of the molecule is FC(F)Oc1ccccc1NC1=NCCCCC1. The molecule has 0 unspecified atom stereocenters. The van der Waals surface area contributed by atoms with Crippen molar-refractivity contribution in [2.45, 2.75) is 32.3 Å². The Bertz CT molecular complexity index is 421. The number of para-hydroxylation sites is 2. The second-order valence-electron chi connectivity index (χ2n) is 4.14. The molecule has 0 aromatic heterocycles. The van der Waals surface area contributed by atoms with Crippen LogP contribution in [-0.2, 0) is 0 Å². The Morgan fingerprint density at radius 1 is 1.17 bits per heavy atom. The van der Waals surface area contributed by atoms with Gasteiger partial charge in [0, 0.05) is 13.0 Å². The first-order valence-corrected chi connectivity index (χ1v) is 6.10. The maximum Gasteiger partial charge on any atom is 0.387 e. The highest BCUT2D eigenvalue weighted by molar-refractivity contribution is 5.96. The number of rotatable bonds is 3. The average molecular weight is 254 g/mol. The summed E-state index contributed by atoms with van der Waals surface area (Å²) in [5, 5.41) is 3.09. The van der Waals surface area contributed by atoms with Crippen molar-refractivity contribution in [2.75, 3.05) is 11.9 Å². The molecule has 98 valence electrons. The van der Waals surface area contributed by atoms with E-state index in [2.05, 4.69) is 15.0 Å². The van der Waals surface area contributed by atoms with Crippen LogP contribution >= 0.6 is 0 Å². The minimum atomic E-state index is -2.82. The fraction of sp³-hybridized carbons (Fsp3) is 0.462. The molecule has 0 aliphatic carbocycles. The van der Waals surface area contributed by atoms with Crippen LogP contribution in [0.2, 0.25) is 0 Å². The summed E-state index contributed by atoms with van der Waals surface area (Å²) in [7, 11) is 0. The maximum atomic E-state index is 12.3. The molecule has 0 saturated heterocycles. The first-order chi connectivity index (χ1) is 8.75. The summed E-state index contributed by atoms with van der Waals surface area (Å²) in [4.78, 5) is 4.40. The summed E-state index contributed by atoms with van der Waals surface area (Å²) >= 11 is 0. The molecule has 1 aliphatic rings. The number of benzene rings is 1. The fourth-order valence-corrected chi connectivity index (χ4v) is 1.90. The van der Waals surface area contributed by atoms with Crippen LogP contribution in [0.3, 0.4) is 0 Å². The molecule has 0 bridgehead atoms. The highest BCUT2D eigenvalue weighted by Gasteiger charge is 2.11. The number of ether oxygens (including phenoxy) is 1. The Labute approximate surface area is 105 Å². The molecule has 0 spiro atoms. The molecule has 0 atom stereocenters. The Balaban J connectivity index is 2.10. The molecule has 0 saturated carbocycles. The molecule has 5 heteroatoms. The van der Waals surface area contributed by atoms with E-state index in [9.17, 15) is 8.78 Å². The molecular weight excluding hydrogens is 238 g/mol. The molecule has 1 aromatic rings. The van der Waals surface area contributed by atoms with E-state index in [4.69, 9.17) is 0 Å². The van der Waals surface area contributed by atoms with Crippen LogP contribution in [0.4, 0.5) is 14.5 Å². The summed E-state index contributed by atoms with van der Waals surface area (Å²) in [5.41, 5.74) is 0.540. The molecule has 1 aliphatic heterocycles. The summed E-state index contributed by atoms with van der Waals surface area (Å²) in [6.45, 7) is -2.02. The predicted molar refractivity (Wildman–Crippen MR) is 67.5 cm³/mol. The monoisotopic (exact) mass is 254 g/mol. The van der Waals surface area contributed by atoms with Crippen molar-refractivity contribution < 1.29 is 13.5 Å². The van der Waals surface area contributed by atoms with Crippen LogP contribution in [0.5, 0.6) is 5.75 Å². The highest BCUT2D eigenvalue weighted by atomic mass is 19.3. The van der Waals surface area contributed by atoms with Crippen molar-refractivity contribution in [3.05, 3.63) is 24.3 Å². The van der Waals surface area contributed by atoms with Gasteiger partial charge in [-0.15, -0.1) is 0 Å². The lowest BCUT2D eigenvalue weighted by molar-refractivity contribution is -0.0493. The lowest BCUT2D eigenvalue weighted by Crippen LogP contribution is -2.13. The van der Waals surface area contributed by atoms with E-state index in [0.717, 1.165) is 38.1 Å². The van der Waals surface area contributed by atoms with Gasteiger partial charge in [0.15, 0.2) is 0 Å². The minimum absolute atomic E-state index is 0.152. The average Bonchev–Trinajstić information content (AvgIpc) is 2.60. The quantitative estimate of drug-likeness (QED) is 0.892. The van der Waals surface area contributed by atoms with E-state index >= 15 is 0 Å². The molecule has 3 nitrogen and oxygen atoms in total. The summed E-state index contributed by atoms with van der Waals surface area (Å²) in [6.07, 6.45) is 4.16. The van der Waals surface area contributed by atoms with E-state index < -0.39 is 6.61 Å². The van der Waals surface area contributed by atoms with Gasteiger partial charge in [-0.05, 0) is 25.0 Å². The summed E-state index contributed by atoms with van der Waals surface area (Å²) < 4.78 is 29.0. The zero-order valence-corrected chi connectivity index (χ0v) is 10.0. The number of aliphatic imine (C=N–C) groups is 1. The molecule has 1 heterocycles. The molecule has 0 amide bonds. The van der Waals surface area contributed by atoms with Gasteiger partial charge in [0.25, 0.3) is 0 Å². The topological polar surface area (TPSA) is 33.6 Å². The van der Waals surface area contributed by atoms with Gasteiger partial charge in [0.05, 0.1) is 5.69 Å². The number of nitrogens with zero attached hydrogens (tertiary/aromatic N) is 1. The number of anilines is 1. The van der Waals surface area contributed by atoms with Crippen LogP contribution < -0.4 is 10.1 Å². The van der Waals surface area contributed by atoms with Crippen molar-refractivity contribution in [1.29, 1.82) is 0 Å². The lowest BCUT2D eigenvalue weighted by Gasteiger charge is -2.13. The van der Waals surface area contributed by atoms with Gasteiger partial charge in [-0.2, -0.15) is 8.78 Å². The first kappa shape index (κ1) is 12.8. The molecule has 1 aromatic carbocycles. The van der Waals surface area contributed by atoms with Gasteiger partial charge >= 0.3 is 6.61 Å². The van der Waals surface area contributed by atoms with Crippen molar-refractivity contribution in [3.8, 4) is 5.75 Å². The molecule has 0 radical (unpaired) electrons. The van der Waals surface area contributed by atoms with E-state index in [0.29, 0.717) is 5.69 Å². The highest BCUT2D eigenvalue weighted by Crippen LogP contribution is 2.26. The second kappa shape index (κ2) is 6.33. The third-order valence-corrected chi connectivity index (χ3v) is 2.76. The number of halogens is 2. The fourth-order valence-electron chi connectivity index (χ4n) is 1.90. The van der Waals surface area contributed by atoms with Crippen molar-refractivity contribution in [3.63, 3.8) is 0 Å². The second-order valence-corrected chi connectivity index (χ2v) is 4.14. The number of nitrogens with one attached hydrogen (secondary N) is 1. The van der Waals surface area contributed by atoms with E-state index in [1.165, 1.54) is 6.07 Å². The first-order valence-electron chi connectivity index (χ1n) is 6.10. The molecule has 2 rings (SSSR count). The third kappa shape index (κ3) is 3.68. The van der Waals surface area contributed by atoms with Crippen LogP contribution in [0.25, 0.3) is 0 Å². The molecule has 0 fully saturated rings. The summed E-state index contributed by atoms with van der Waals surface area (Å²) in [5.74, 6) is 0.997. The zero-order chi connectivity index (χ0) is 12.8. The van der Waals surface area contributed by atoms with Crippen molar-refractivity contribution in [1.82, 2.24) is 0 Å². The molecule has 18 heavy (non-hydrogen) atoms. The molecular formula is C13H16F2N2O. The molecule has 1 N–H and O–H groups in total. The van der Waals surface area contributed by atoms with Crippen LogP contribution in [-0.4, -0.2) is 19.0 Å². The normalized spacial score (nSPS) is 16.1. The Kier molecular flexibility index (Phi) is 4.50. The third-order valence-electron chi connectivity index (χ3n) is 2.76. The van der Waals surface area contributed by atoms with E-state index in [1.54, 1.807) is 18.2 Å². The smallest absolute Gasteiger partial charge is 0.387 e. The van der Waals surface area contributed by atoms with Crippen LogP contribution in [0, 0.1) is 0 Å². The zero-order valence-electron chi connectivity index (χ0n) is 10.0. The maximum absolute atomic E-state index is 12.3. The Hall–Kier alpha value is -1.65. The number of amidine groups is 1. The standard InChI is InChI=1S/C13H16F2N2O/c14-13(15)18-11-7-4-3-6-10(11)17-12-8-2-1-5-9-16-12/h3-4,6-7,13H,1-2,5,8-9H2,(H,16,17). The van der Waals surface area contributed by atoms with Gasteiger partial charge in [-0.25, -0.2) is 0 Å². The Morgan fingerprint density at radius 3 is 2.83 bits per heavy atom. The van der Waals surface area contributed by atoms with E-state index in [-0.39, 0.29) is 5.75 Å². The number of alkyl halides is 2. The lowest BCUT2D eigenvalue weighted by atomic mass is 10.2. The van der Waals surface area contributed by atoms with Gasteiger partial charge < -0.3 is 10.1 Å². The largest absolute Gasteiger partial charge is 0.433 e. The van der Waals surface area contributed by atoms with Gasteiger partial charge in [-0.3, -0.25) is 4.99 Å². The van der Waals surface area contributed by atoms with Crippen LogP contribution in [0.15, 0.2) is 29.3 Å². The number of hydrogen-bond donors (Lipinski definition) is 1. The van der Waals surface area contributed by atoms with Crippen molar-refractivity contribution in [2.24, 2.45) is 4.99 Å². The van der Waals surface area contributed by atoms with Crippen molar-refractivity contribution >= 4 is 11.5 Å². The van der Waals surface area contributed by atoms with Gasteiger partial charge in [0.2, 0.25) is 0 Å². The Morgan fingerprint density at radius 2 is 2.00 bits per heavy atom. The number of hydrogen-bond acceptors (Lipinski definition) is 3. The summed E-state index contributed by atoms with van der Waals surface area (Å²) in [6, 6.07) is 6.67. The van der Waals surface area contributed by atoms with Gasteiger partial charge in [-0.1, -0.05) is 18.6 Å².